The van der Waals surface area contributed by atoms with Crippen molar-refractivity contribution in [3.8, 4) is 0 Å². The second-order valence-corrected chi connectivity index (χ2v) is 6.54. The van der Waals surface area contributed by atoms with E-state index in [0.29, 0.717) is 12.5 Å². The van der Waals surface area contributed by atoms with E-state index in [-0.39, 0.29) is 12.0 Å². The number of carbonyl (C=O) groups excluding carboxylic acids is 1. The molecule has 1 unspecified atom stereocenters. The molecule has 1 aromatic rings. The maximum Gasteiger partial charge on any atom is 0.307 e. The van der Waals surface area contributed by atoms with Gasteiger partial charge in [0, 0.05) is 10.9 Å². The SMILES string of the molecule is COC(=O)CC(NC1CCCCCCC1)c1cccs1. The lowest BCUT2D eigenvalue weighted by atomic mass is 9.95. The van der Waals surface area contributed by atoms with Gasteiger partial charge in [0.2, 0.25) is 0 Å². The van der Waals surface area contributed by atoms with E-state index in [9.17, 15) is 4.79 Å². The Kier molecular flexibility index (Phi) is 6.54. The van der Waals surface area contributed by atoms with Crippen LogP contribution in [0.5, 0.6) is 0 Å². The molecule has 1 N–H and O–H groups in total. The van der Waals surface area contributed by atoms with E-state index in [0.717, 1.165) is 0 Å². The molecule has 0 amide bonds. The molecule has 0 aliphatic heterocycles. The van der Waals surface area contributed by atoms with Crippen LogP contribution in [0.4, 0.5) is 0 Å². The van der Waals surface area contributed by atoms with Crippen LogP contribution < -0.4 is 5.32 Å². The molecule has 20 heavy (non-hydrogen) atoms. The molecule has 1 saturated carbocycles. The van der Waals surface area contributed by atoms with Crippen molar-refractivity contribution in [2.45, 2.75) is 63.5 Å². The fourth-order valence-corrected chi connectivity index (χ4v) is 3.68. The Morgan fingerprint density at radius 3 is 2.65 bits per heavy atom. The molecule has 0 spiro atoms. The summed E-state index contributed by atoms with van der Waals surface area (Å²) in [5.41, 5.74) is 0. The van der Waals surface area contributed by atoms with E-state index in [1.54, 1.807) is 11.3 Å². The van der Waals surface area contributed by atoms with Crippen LogP contribution in [0, 0.1) is 0 Å². The summed E-state index contributed by atoms with van der Waals surface area (Å²) >= 11 is 1.71. The Bertz CT molecular complexity index is 383. The van der Waals surface area contributed by atoms with Gasteiger partial charge in [-0.1, -0.05) is 38.2 Å². The third kappa shape index (κ3) is 4.91. The summed E-state index contributed by atoms with van der Waals surface area (Å²) in [6.45, 7) is 0. The zero-order valence-electron chi connectivity index (χ0n) is 12.3. The van der Waals surface area contributed by atoms with E-state index >= 15 is 0 Å². The zero-order chi connectivity index (χ0) is 14.2. The van der Waals surface area contributed by atoms with Crippen molar-refractivity contribution in [3.63, 3.8) is 0 Å². The van der Waals surface area contributed by atoms with Gasteiger partial charge in [-0.3, -0.25) is 4.79 Å². The number of hydrogen-bond donors (Lipinski definition) is 1. The third-order valence-corrected chi connectivity index (χ3v) is 5.01. The molecule has 0 bridgehead atoms. The topological polar surface area (TPSA) is 38.3 Å². The summed E-state index contributed by atoms with van der Waals surface area (Å²) in [6.07, 6.45) is 9.54. The summed E-state index contributed by atoms with van der Waals surface area (Å²) in [7, 11) is 1.46. The molecule has 1 aliphatic carbocycles. The number of carbonyl (C=O) groups is 1. The van der Waals surface area contributed by atoms with Crippen LogP contribution in [0.3, 0.4) is 0 Å². The van der Waals surface area contributed by atoms with Crippen LogP contribution in [0.15, 0.2) is 17.5 Å². The Balaban J connectivity index is 1.96. The molecule has 3 nitrogen and oxygen atoms in total. The van der Waals surface area contributed by atoms with Gasteiger partial charge in [0.05, 0.1) is 19.6 Å². The van der Waals surface area contributed by atoms with Crippen LogP contribution in [-0.2, 0) is 9.53 Å². The average Bonchev–Trinajstić information content (AvgIpc) is 2.94. The predicted molar refractivity (Wildman–Crippen MR) is 82.9 cm³/mol. The Labute approximate surface area is 125 Å². The van der Waals surface area contributed by atoms with Gasteiger partial charge in [-0.2, -0.15) is 0 Å². The molecular formula is C16H25NO2S. The lowest BCUT2D eigenvalue weighted by Gasteiger charge is -2.26. The summed E-state index contributed by atoms with van der Waals surface area (Å²) in [6, 6.07) is 4.79. The van der Waals surface area contributed by atoms with Crippen molar-refractivity contribution >= 4 is 17.3 Å². The van der Waals surface area contributed by atoms with Crippen molar-refractivity contribution in [2.75, 3.05) is 7.11 Å². The van der Waals surface area contributed by atoms with Crippen LogP contribution in [-0.4, -0.2) is 19.1 Å². The van der Waals surface area contributed by atoms with E-state index in [4.69, 9.17) is 4.74 Å². The molecule has 112 valence electrons. The lowest BCUT2D eigenvalue weighted by Crippen LogP contribution is -2.34. The van der Waals surface area contributed by atoms with E-state index < -0.39 is 0 Å². The number of esters is 1. The van der Waals surface area contributed by atoms with Crippen LogP contribution in [0.2, 0.25) is 0 Å². The summed E-state index contributed by atoms with van der Waals surface area (Å²) < 4.78 is 4.84. The molecule has 4 heteroatoms. The van der Waals surface area contributed by atoms with Gasteiger partial charge in [-0.05, 0) is 24.3 Å². The average molecular weight is 295 g/mol. The largest absolute Gasteiger partial charge is 0.469 e. The molecule has 0 radical (unpaired) electrons. The number of methoxy groups -OCH3 is 1. The van der Waals surface area contributed by atoms with Gasteiger partial charge in [0.25, 0.3) is 0 Å². The Hall–Kier alpha value is -0.870. The monoisotopic (exact) mass is 295 g/mol. The smallest absolute Gasteiger partial charge is 0.307 e. The first-order valence-electron chi connectivity index (χ1n) is 7.66. The number of thiophene rings is 1. The maximum absolute atomic E-state index is 11.6. The van der Waals surface area contributed by atoms with Crippen LogP contribution >= 0.6 is 11.3 Å². The van der Waals surface area contributed by atoms with E-state index in [1.807, 2.05) is 6.07 Å². The van der Waals surface area contributed by atoms with Gasteiger partial charge in [-0.15, -0.1) is 11.3 Å². The number of rotatable bonds is 5. The molecule has 0 aromatic carbocycles. The highest BCUT2D eigenvalue weighted by Crippen LogP contribution is 2.26. The summed E-state index contributed by atoms with van der Waals surface area (Å²) in [4.78, 5) is 12.9. The molecule has 1 heterocycles. The summed E-state index contributed by atoms with van der Waals surface area (Å²) in [5, 5.41) is 5.77. The normalized spacial score (nSPS) is 19.1. The van der Waals surface area contributed by atoms with Crippen LogP contribution in [0.25, 0.3) is 0 Å². The second-order valence-electron chi connectivity index (χ2n) is 5.56. The van der Waals surface area contributed by atoms with Crippen molar-refractivity contribution in [1.29, 1.82) is 0 Å². The molecule has 1 aromatic heterocycles. The van der Waals surface area contributed by atoms with Gasteiger partial charge in [0.15, 0.2) is 0 Å². The highest BCUT2D eigenvalue weighted by atomic mass is 32.1. The third-order valence-electron chi connectivity index (χ3n) is 4.03. The van der Waals surface area contributed by atoms with Gasteiger partial charge >= 0.3 is 5.97 Å². The van der Waals surface area contributed by atoms with Gasteiger partial charge in [-0.25, -0.2) is 0 Å². The highest BCUT2D eigenvalue weighted by Gasteiger charge is 2.21. The lowest BCUT2D eigenvalue weighted by molar-refractivity contribution is -0.141. The number of nitrogens with one attached hydrogen (secondary N) is 1. The van der Waals surface area contributed by atoms with Gasteiger partial charge in [0.1, 0.15) is 0 Å². The van der Waals surface area contributed by atoms with E-state index in [2.05, 4.69) is 16.8 Å². The molecule has 1 fully saturated rings. The van der Waals surface area contributed by atoms with Crippen LogP contribution in [0.1, 0.15) is 62.3 Å². The van der Waals surface area contributed by atoms with Crippen molar-refractivity contribution in [1.82, 2.24) is 5.32 Å². The predicted octanol–water partition coefficient (Wildman–Crippen LogP) is 4.05. The Morgan fingerprint density at radius 1 is 1.35 bits per heavy atom. The standard InChI is InChI=1S/C16H25NO2S/c1-19-16(18)12-14(15-10-7-11-20-15)17-13-8-5-3-2-4-6-9-13/h7,10-11,13-14,17H,2-6,8-9,12H2,1H3. The second kappa shape index (κ2) is 8.42. The molecule has 1 aliphatic rings. The number of hydrogen-bond acceptors (Lipinski definition) is 4. The minimum absolute atomic E-state index is 0.104. The zero-order valence-corrected chi connectivity index (χ0v) is 13.1. The molecule has 0 saturated heterocycles. The van der Waals surface area contributed by atoms with Crippen molar-refractivity contribution in [3.05, 3.63) is 22.4 Å². The maximum atomic E-state index is 11.6. The first kappa shape index (κ1) is 15.5. The van der Waals surface area contributed by atoms with Gasteiger partial charge < -0.3 is 10.1 Å². The first-order chi connectivity index (χ1) is 9.79. The number of ether oxygens (including phenoxy) is 1. The highest BCUT2D eigenvalue weighted by molar-refractivity contribution is 7.10. The minimum atomic E-state index is -0.137. The van der Waals surface area contributed by atoms with Crippen molar-refractivity contribution < 1.29 is 9.53 Å². The van der Waals surface area contributed by atoms with Crippen molar-refractivity contribution in [2.24, 2.45) is 0 Å². The first-order valence-corrected chi connectivity index (χ1v) is 8.54. The fraction of sp³-hybridized carbons (Fsp3) is 0.688. The Morgan fingerprint density at radius 2 is 2.05 bits per heavy atom. The fourth-order valence-electron chi connectivity index (χ4n) is 2.89. The molecular weight excluding hydrogens is 270 g/mol. The minimum Gasteiger partial charge on any atom is -0.469 e. The van der Waals surface area contributed by atoms with E-state index in [1.165, 1.54) is 56.9 Å². The molecule has 1 atom stereocenters. The summed E-state index contributed by atoms with van der Waals surface area (Å²) in [5.74, 6) is -0.137. The quantitative estimate of drug-likeness (QED) is 0.833. The molecule has 2 rings (SSSR count).